The Morgan fingerprint density at radius 1 is 0.951 bits per heavy atom. The van der Waals surface area contributed by atoms with Gasteiger partial charge in [-0.3, -0.25) is 4.72 Å². The van der Waals surface area contributed by atoms with Crippen LogP contribution >= 0.6 is 0 Å². The average molecular weight is 561 g/mol. The van der Waals surface area contributed by atoms with E-state index in [1.54, 1.807) is 60.7 Å². The Morgan fingerprint density at radius 3 is 2.54 bits per heavy atom. The van der Waals surface area contributed by atoms with Crippen LogP contribution in [-0.2, 0) is 21.4 Å². The summed E-state index contributed by atoms with van der Waals surface area (Å²) in [6, 6.07) is 22.5. The number of para-hydroxylation sites is 1. The van der Waals surface area contributed by atoms with Crippen LogP contribution < -0.4 is 9.46 Å². The summed E-state index contributed by atoms with van der Waals surface area (Å²) in [6.45, 7) is 0.151. The molecule has 1 heterocycles. The van der Waals surface area contributed by atoms with Crippen LogP contribution in [0.4, 0.5) is 5.69 Å². The molecule has 5 rings (SSSR count). The fourth-order valence-electron chi connectivity index (χ4n) is 4.07. The second kappa shape index (κ2) is 12.2. The molecule has 7 nitrogen and oxygen atoms in total. The number of hydrogen-bond donors (Lipinski definition) is 1. The minimum atomic E-state index is -4.00. The number of allylic oxidation sites excluding steroid dienone is 2. The van der Waals surface area contributed by atoms with Gasteiger partial charge in [0, 0.05) is 28.5 Å². The van der Waals surface area contributed by atoms with Crippen molar-refractivity contribution >= 4 is 33.8 Å². The highest BCUT2D eigenvalue weighted by molar-refractivity contribution is 7.92. The van der Waals surface area contributed by atoms with Gasteiger partial charge in [-0.15, -0.1) is 5.73 Å². The van der Waals surface area contributed by atoms with Gasteiger partial charge in [-0.1, -0.05) is 60.4 Å². The van der Waals surface area contributed by atoms with Crippen molar-refractivity contribution in [1.82, 2.24) is 4.98 Å². The summed E-state index contributed by atoms with van der Waals surface area (Å²) in [4.78, 5) is 16.6. The first-order valence-electron chi connectivity index (χ1n) is 12.6. The number of carbonyl (C=O) groups excluding carboxylic acids is 1. The predicted molar refractivity (Wildman–Crippen MR) is 158 cm³/mol. The largest absolute Gasteiger partial charge is 0.496 e. The molecule has 202 valence electrons. The molecule has 1 aliphatic rings. The van der Waals surface area contributed by atoms with Crippen LogP contribution in [-0.4, -0.2) is 26.5 Å². The predicted octanol–water partition coefficient (Wildman–Crippen LogP) is 5.84. The van der Waals surface area contributed by atoms with Crippen LogP contribution in [0.25, 0.3) is 12.2 Å². The van der Waals surface area contributed by atoms with Gasteiger partial charge in [0.25, 0.3) is 10.0 Å². The standard InChI is InChI=1S/C33H24N2O5S/c1-39-31-20-21-32(28-14-7-3-6-13-27(28)31)41(37,38)35-29-15-9-8-12-26(29)18-16-24-17-19-30(34-22-24)33(36)40-23-25-10-4-2-5-11-25/h2-6,8-15,17,19-22,35H,23H2,1H3. The zero-order valence-electron chi connectivity index (χ0n) is 22.0. The van der Waals surface area contributed by atoms with Crippen LogP contribution in [0.3, 0.4) is 0 Å². The molecule has 0 unspecified atom stereocenters. The van der Waals surface area contributed by atoms with E-state index in [-0.39, 0.29) is 17.2 Å². The zero-order valence-corrected chi connectivity index (χ0v) is 22.8. The van der Waals surface area contributed by atoms with Crippen molar-refractivity contribution in [2.24, 2.45) is 0 Å². The second-order valence-electron chi connectivity index (χ2n) is 8.83. The molecule has 4 aromatic rings. The van der Waals surface area contributed by atoms with Crippen LogP contribution in [0.2, 0.25) is 0 Å². The van der Waals surface area contributed by atoms with Gasteiger partial charge in [0.15, 0.2) is 0 Å². The van der Waals surface area contributed by atoms with Gasteiger partial charge in [0.2, 0.25) is 0 Å². The Morgan fingerprint density at radius 2 is 1.76 bits per heavy atom. The van der Waals surface area contributed by atoms with Gasteiger partial charge < -0.3 is 9.47 Å². The summed E-state index contributed by atoms with van der Waals surface area (Å²) >= 11 is 0. The number of esters is 1. The number of ether oxygens (including phenoxy) is 2. The molecule has 0 fully saturated rings. The van der Waals surface area contributed by atoms with Gasteiger partial charge >= 0.3 is 5.97 Å². The molecule has 1 aliphatic carbocycles. The highest BCUT2D eigenvalue weighted by Crippen LogP contribution is 2.33. The molecule has 0 saturated carbocycles. The smallest absolute Gasteiger partial charge is 0.357 e. The zero-order chi connectivity index (χ0) is 28.7. The lowest BCUT2D eigenvalue weighted by atomic mass is 10.1. The number of methoxy groups -OCH3 is 1. The molecule has 1 aromatic heterocycles. The maximum Gasteiger partial charge on any atom is 0.357 e. The lowest BCUT2D eigenvalue weighted by molar-refractivity contribution is 0.0465. The van der Waals surface area contributed by atoms with Crippen molar-refractivity contribution in [3.8, 4) is 17.6 Å². The molecular formula is C33H24N2O5S. The van der Waals surface area contributed by atoms with Crippen molar-refractivity contribution in [3.63, 3.8) is 0 Å². The summed E-state index contributed by atoms with van der Waals surface area (Å²) in [5.41, 5.74) is 6.46. The van der Waals surface area contributed by atoms with Gasteiger partial charge in [0.1, 0.15) is 18.1 Å². The molecule has 3 aromatic carbocycles. The third-order valence-electron chi connectivity index (χ3n) is 6.10. The number of fused-ring (bicyclic) bond motifs is 1. The molecule has 0 spiro atoms. The lowest BCUT2D eigenvalue weighted by Gasteiger charge is -2.15. The minimum Gasteiger partial charge on any atom is -0.496 e. The van der Waals surface area contributed by atoms with Crippen molar-refractivity contribution in [1.29, 1.82) is 0 Å². The fraction of sp³-hybridized carbons (Fsp3) is 0.0606. The van der Waals surface area contributed by atoms with Crippen LogP contribution in [0.5, 0.6) is 5.75 Å². The first kappa shape index (κ1) is 27.2. The van der Waals surface area contributed by atoms with Crippen molar-refractivity contribution in [2.45, 2.75) is 11.5 Å². The molecule has 0 saturated heterocycles. The Kier molecular flexibility index (Phi) is 8.12. The fourth-order valence-corrected chi connectivity index (χ4v) is 5.35. The maximum absolute atomic E-state index is 13.5. The summed E-state index contributed by atoms with van der Waals surface area (Å²) in [7, 11) is -2.46. The molecule has 1 N–H and O–H groups in total. The van der Waals surface area contributed by atoms with Crippen LogP contribution in [0, 0.1) is 11.8 Å². The number of rotatable bonds is 7. The number of nitrogens with one attached hydrogen (secondary N) is 1. The van der Waals surface area contributed by atoms with E-state index in [9.17, 15) is 13.2 Å². The number of nitrogens with zero attached hydrogens (tertiary/aromatic N) is 1. The van der Waals surface area contributed by atoms with Crippen LogP contribution in [0.1, 0.15) is 38.3 Å². The second-order valence-corrected chi connectivity index (χ2v) is 10.5. The van der Waals surface area contributed by atoms with E-state index in [0.717, 1.165) is 5.56 Å². The number of benzene rings is 3. The molecule has 0 radical (unpaired) electrons. The van der Waals surface area contributed by atoms with E-state index in [2.05, 4.69) is 27.3 Å². The van der Waals surface area contributed by atoms with Crippen molar-refractivity contribution in [3.05, 3.63) is 136 Å². The summed E-state index contributed by atoms with van der Waals surface area (Å²) in [5, 5.41) is 0. The summed E-state index contributed by atoms with van der Waals surface area (Å²) < 4.78 is 40.4. The highest BCUT2D eigenvalue weighted by atomic mass is 32.2. The van der Waals surface area contributed by atoms with Gasteiger partial charge in [0.05, 0.1) is 17.7 Å². The van der Waals surface area contributed by atoms with E-state index in [4.69, 9.17) is 9.47 Å². The van der Waals surface area contributed by atoms with Crippen LogP contribution in [0.15, 0.2) is 108 Å². The van der Waals surface area contributed by atoms with Gasteiger partial charge in [-0.05, 0) is 60.2 Å². The SMILES string of the molecule is COc1ccc(S(=O)(=O)Nc2ccccc2C#Cc2ccc(C(=O)OCc3ccccc3)nc2)c2c1C=CC=C=C2. The van der Waals surface area contributed by atoms with E-state index in [0.29, 0.717) is 33.7 Å². The highest BCUT2D eigenvalue weighted by Gasteiger charge is 2.22. The Balaban J connectivity index is 1.34. The number of carbonyl (C=O) groups is 1. The average Bonchev–Trinajstić information content (AvgIpc) is 3.26. The van der Waals surface area contributed by atoms with E-state index in [1.807, 2.05) is 30.3 Å². The maximum atomic E-state index is 13.5. The quantitative estimate of drug-likeness (QED) is 0.173. The Hall–Kier alpha value is -5.35. The topological polar surface area (TPSA) is 94.6 Å². The number of sulfonamides is 1. The minimum absolute atomic E-state index is 0.0856. The number of pyridine rings is 1. The van der Waals surface area contributed by atoms with E-state index >= 15 is 0 Å². The monoisotopic (exact) mass is 560 g/mol. The molecule has 0 aliphatic heterocycles. The first-order valence-corrected chi connectivity index (χ1v) is 14.0. The number of hydrogen-bond acceptors (Lipinski definition) is 6. The molecule has 0 bridgehead atoms. The molecule has 8 heteroatoms. The third kappa shape index (κ3) is 6.45. The molecule has 0 atom stereocenters. The Bertz CT molecular complexity index is 1860. The number of anilines is 1. The van der Waals surface area contributed by atoms with E-state index in [1.165, 1.54) is 25.4 Å². The Labute approximate surface area is 238 Å². The van der Waals surface area contributed by atoms with E-state index < -0.39 is 16.0 Å². The van der Waals surface area contributed by atoms with Gasteiger partial charge in [-0.2, -0.15) is 0 Å². The normalized spacial score (nSPS) is 11.5. The van der Waals surface area contributed by atoms with Gasteiger partial charge in [-0.25, -0.2) is 18.2 Å². The molecule has 0 amide bonds. The van der Waals surface area contributed by atoms with Crippen molar-refractivity contribution in [2.75, 3.05) is 11.8 Å². The van der Waals surface area contributed by atoms with Crippen molar-refractivity contribution < 1.29 is 22.7 Å². The molecular weight excluding hydrogens is 536 g/mol. The summed E-state index contributed by atoms with van der Waals surface area (Å²) in [5.74, 6) is 6.00. The lowest BCUT2D eigenvalue weighted by Crippen LogP contribution is -2.15. The third-order valence-corrected chi connectivity index (χ3v) is 7.52. The molecule has 41 heavy (non-hydrogen) atoms. The summed E-state index contributed by atoms with van der Waals surface area (Å²) in [6.07, 6.45) is 8.34. The first-order chi connectivity index (χ1) is 19.9. The number of aromatic nitrogens is 1.